The lowest BCUT2D eigenvalue weighted by Gasteiger charge is -2.25. The standard InChI is InChI=1S/C25H26F3N9O2S/c1-15(25(26,27)28)37-14-31-34-22(37)24-33-21(12-40-24)32-23(38)17-9-19(36-11-18(30-13-36)16-3-4-16)20(10-29-17)35-5-2-7-39-8-6-35/h9-16H,2-8H2,1H3,(H,32,38). The molecule has 0 spiro atoms. The number of carbonyl (C=O) groups is 1. The van der Waals surface area contributed by atoms with Gasteiger partial charge in [0.25, 0.3) is 5.91 Å². The SMILES string of the molecule is CC(n1cnnc1-c1nc(NC(=O)c2cc(-n3cnc(C4CC4)c3)c(N3CCCOCC3)cn2)cs1)C(F)(F)F. The first kappa shape index (κ1) is 26.4. The molecule has 1 unspecified atom stereocenters. The molecule has 4 aromatic heterocycles. The Bertz CT molecular complexity index is 1500. The number of hydrogen-bond donors (Lipinski definition) is 1. The van der Waals surface area contributed by atoms with Crippen molar-refractivity contribution in [2.45, 2.75) is 44.3 Å². The maximum Gasteiger partial charge on any atom is 0.408 e. The molecule has 5 heterocycles. The molecule has 1 atom stereocenters. The molecule has 0 radical (unpaired) electrons. The summed E-state index contributed by atoms with van der Waals surface area (Å²) in [6, 6.07) is -0.121. The largest absolute Gasteiger partial charge is 0.408 e. The molecule has 1 N–H and O–H groups in total. The van der Waals surface area contributed by atoms with E-state index >= 15 is 0 Å². The Morgan fingerprint density at radius 2 is 2.02 bits per heavy atom. The van der Waals surface area contributed by atoms with Crippen LogP contribution in [0.1, 0.15) is 54.3 Å². The van der Waals surface area contributed by atoms with Crippen LogP contribution in [0, 0.1) is 0 Å². The maximum atomic E-state index is 13.3. The fourth-order valence-corrected chi connectivity index (χ4v) is 5.25. The number of thiazole rings is 1. The molecular weight excluding hydrogens is 547 g/mol. The van der Waals surface area contributed by atoms with E-state index in [1.807, 2.05) is 10.8 Å². The Morgan fingerprint density at radius 1 is 1.18 bits per heavy atom. The molecule has 210 valence electrons. The lowest BCUT2D eigenvalue weighted by Crippen LogP contribution is -2.27. The lowest BCUT2D eigenvalue weighted by molar-refractivity contribution is -0.162. The molecule has 2 fully saturated rings. The van der Waals surface area contributed by atoms with Crippen LogP contribution in [0.4, 0.5) is 24.7 Å². The lowest BCUT2D eigenvalue weighted by atomic mass is 10.2. The monoisotopic (exact) mass is 573 g/mol. The molecular formula is C25H26F3N9O2S. The van der Waals surface area contributed by atoms with Crippen molar-refractivity contribution < 1.29 is 22.7 Å². The van der Waals surface area contributed by atoms with Gasteiger partial charge in [-0.15, -0.1) is 21.5 Å². The van der Waals surface area contributed by atoms with Crippen LogP contribution in [-0.2, 0) is 4.74 Å². The first-order valence-electron chi connectivity index (χ1n) is 12.9. The van der Waals surface area contributed by atoms with Crippen molar-refractivity contribution in [3.8, 4) is 16.5 Å². The minimum Gasteiger partial charge on any atom is -0.380 e. The zero-order valence-corrected chi connectivity index (χ0v) is 22.3. The van der Waals surface area contributed by atoms with Crippen LogP contribution in [0.3, 0.4) is 0 Å². The number of imidazole rings is 1. The summed E-state index contributed by atoms with van der Waals surface area (Å²) in [5.74, 6) is 0.115. The highest BCUT2D eigenvalue weighted by atomic mass is 32.1. The minimum atomic E-state index is -4.48. The molecule has 2 aliphatic rings. The minimum absolute atomic E-state index is 0.0342. The number of amides is 1. The molecule has 1 amide bonds. The van der Waals surface area contributed by atoms with E-state index in [0.717, 1.165) is 72.0 Å². The van der Waals surface area contributed by atoms with Crippen LogP contribution in [-0.4, -0.2) is 72.7 Å². The molecule has 0 bridgehead atoms. The van der Waals surface area contributed by atoms with Gasteiger partial charge in [-0.1, -0.05) is 0 Å². The Morgan fingerprint density at radius 3 is 2.83 bits per heavy atom. The molecule has 11 nitrogen and oxygen atoms in total. The Kier molecular flexibility index (Phi) is 7.00. The third kappa shape index (κ3) is 5.43. The highest BCUT2D eigenvalue weighted by Gasteiger charge is 2.39. The number of pyridine rings is 1. The van der Waals surface area contributed by atoms with Gasteiger partial charge in [0.1, 0.15) is 23.9 Å². The smallest absolute Gasteiger partial charge is 0.380 e. The summed E-state index contributed by atoms with van der Waals surface area (Å²) in [5.41, 5.74) is 2.83. The number of alkyl halides is 3. The molecule has 1 aliphatic carbocycles. The molecule has 15 heteroatoms. The fourth-order valence-electron chi connectivity index (χ4n) is 4.51. The van der Waals surface area contributed by atoms with Gasteiger partial charge < -0.3 is 19.5 Å². The van der Waals surface area contributed by atoms with Gasteiger partial charge in [-0.2, -0.15) is 13.2 Å². The van der Waals surface area contributed by atoms with Crippen molar-refractivity contribution in [1.82, 2.24) is 34.3 Å². The van der Waals surface area contributed by atoms with E-state index in [1.165, 1.54) is 5.38 Å². The summed E-state index contributed by atoms with van der Waals surface area (Å²) >= 11 is 1.05. The zero-order chi connectivity index (χ0) is 27.9. The van der Waals surface area contributed by atoms with Gasteiger partial charge in [0.05, 0.1) is 36.2 Å². The highest BCUT2D eigenvalue weighted by Crippen LogP contribution is 2.39. The summed E-state index contributed by atoms with van der Waals surface area (Å²) in [5, 5.41) is 11.9. The van der Waals surface area contributed by atoms with Crippen molar-refractivity contribution in [3.05, 3.63) is 47.9 Å². The van der Waals surface area contributed by atoms with E-state index in [2.05, 4.69) is 35.4 Å². The van der Waals surface area contributed by atoms with Gasteiger partial charge >= 0.3 is 6.18 Å². The predicted molar refractivity (Wildman–Crippen MR) is 141 cm³/mol. The van der Waals surface area contributed by atoms with Gasteiger partial charge in [-0.3, -0.25) is 9.36 Å². The van der Waals surface area contributed by atoms with Crippen molar-refractivity contribution >= 4 is 28.7 Å². The number of carbonyl (C=O) groups excluding carboxylic acids is 1. The second-order valence-corrected chi connectivity index (χ2v) is 10.6. The van der Waals surface area contributed by atoms with Crippen molar-refractivity contribution in [2.24, 2.45) is 0 Å². The number of nitrogens with one attached hydrogen (secondary N) is 1. The molecule has 4 aromatic rings. The second-order valence-electron chi connectivity index (χ2n) is 9.76. The Balaban J connectivity index is 1.26. The summed E-state index contributed by atoms with van der Waals surface area (Å²) in [6.45, 7) is 3.80. The average Bonchev–Trinajstić information content (AvgIpc) is 3.32. The molecule has 6 rings (SSSR count). The van der Waals surface area contributed by atoms with Crippen molar-refractivity contribution in [1.29, 1.82) is 0 Å². The van der Waals surface area contributed by atoms with Crippen LogP contribution in [0.15, 0.2) is 36.5 Å². The average molecular weight is 574 g/mol. The van der Waals surface area contributed by atoms with Crippen molar-refractivity contribution in [3.63, 3.8) is 0 Å². The first-order chi connectivity index (χ1) is 19.3. The van der Waals surface area contributed by atoms with Crippen LogP contribution >= 0.6 is 11.3 Å². The van der Waals surface area contributed by atoms with Gasteiger partial charge in [0.2, 0.25) is 0 Å². The number of hydrogen-bond acceptors (Lipinski definition) is 9. The van der Waals surface area contributed by atoms with E-state index in [1.54, 1.807) is 18.6 Å². The fraction of sp³-hybridized carbons (Fsp3) is 0.440. The van der Waals surface area contributed by atoms with Crippen LogP contribution in [0.25, 0.3) is 16.5 Å². The first-order valence-corrected chi connectivity index (χ1v) is 13.8. The van der Waals surface area contributed by atoms with Crippen LogP contribution in [0.2, 0.25) is 0 Å². The van der Waals surface area contributed by atoms with E-state index < -0.39 is 18.1 Å². The Labute approximate surface area is 231 Å². The maximum absolute atomic E-state index is 13.3. The topological polar surface area (TPSA) is 116 Å². The molecule has 40 heavy (non-hydrogen) atoms. The van der Waals surface area contributed by atoms with Gasteiger partial charge in [-0.05, 0) is 32.3 Å². The van der Waals surface area contributed by atoms with Crippen LogP contribution in [0.5, 0.6) is 0 Å². The third-order valence-electron chi connectivity index (χ3n) is 6.93. The summed E-state index contributed by atoms with van der Waals surface area (Å²) in [6.07, 6.45) is 5.10. The summed E-state index contributed by atoms with van der Waals surface area (Å²) in [7, 11) is 0. The summed E-state index contributed by atoms with van der Waals surface area (Å²) < 4.78 is 48.2. The zero-order valence-electron chi connectivity index (χ0n) is 21.5. The highest BCUT2D eigenvalue weighted by molar-refractivity contribution is 7.13. The normalized spacial score (nSPS) is 17.1. The second kappa shape index (κ2) is 10.6. The Hall–Kier alpha value is -3.85. The van der Waals surface area contributed by atoms with Crippen LogP contribution < -0.4 is 10.2 Å². The van der Waals surface area contributed by atoms with E-state index in [4.69, 9.17) is 4.74 Å². The van der Waals surface area contributed by atoms with Gasteiger partial charge in [0.15, 0.2) is 10.8 Å². The van der Waals surface area contributed by atoms with Gasteiger partial charge in [-0.25, -0.2) is 15.0 Å². The predicted octanol–water partition coefficient (Wildman–Crippen LogP) is 4.46. The molecule has 1 aliphatic heterocycles. The number of rotatable bonds is 7. The van der Waals surface area contributed by atoms with E-state index in [-0.39, 0.29) is 22.3 Å². The number of aromatic nitrogens is 7. The number of nitrogens with zero attached hydrogens (tertiary/aromatic N) is 8. The van der Waals surface area contributed by atoms with E-state index in [0.29, 0.717) is 25.7 Å². The summed E-state index contributed by atoms with van der Waals surface area (Å²) in [4.78, 5) is 28.7. The quantitative estimate of drug-likeness (QED) is 0.345. The molecule has 1 saturated heterocycles. The molecule has 1 saturated carbocycles. The third-order valence-corrected chi connectivity index (χ3v) is 7.77. The number of anilines is 2. The number of ether oxygens (including phenoxy) is 1. The van der Waals surface area contributed by atoms with E-state index in [9.17, 15) is 18.0 Å². The molecule has 0 aromatic carbocycles. The van der Waals surface area contributed by atoms with Gasteiger partial charge in [0, 0.05) is 37.2 Å². The van der Waals surface area contributed by atoms with Crippen molar-refractivity contribution in [2.75, 3.05) is 36.5 Å². The number of halogens is 3.